The van der Waals surface area contributed by atoms with Crippen LogP contribution in [0.1, 0.15) is 13.8 Å². The molecule has 3 aromatic rings. The van der Waals surface area contributed by atoms with Crippen molar-refractivity contribution in [3.05, 3.63) is 42.5 Å². The van der Waals surface area contributed by atoms with Crippen LogP contribution in [0.25, 0.3) is 22.5 Å². The molecule has 0 aliphatic heterocycles. The lowest BCUT2D eigenvalue weighted by molar-refractivity contribution is 0.639. The molecule has 0 saturated heterocycles. The van der Waals surface area contributed by atoms with Crippen molar-refractivity contribution >= 4 is 11.4 Å². The number of benzene rings is 2. The normalized spacial score (nSPS) is 11.0. The molecule has 6 nitrogen and oxygen atoms in total. The maximum absolute atomic E-state index is 6.31. The van der Waals surface area contributed by atoms with Gasteiger partial charge in [-0.15, -0.1) is 10.2 Å². The Kier molecular flexibility index (Phi) is 4.46. The topological polar surface area (TPSA) is 83.7 Å². The van der Waals surface area contributed by atoms with Crippen molar-refractivity contribution in [3.63, 3.8) is 0 Å². The van der Waals surface area contributed by atoms with Crippen molar-refractivity contribution in [2.45, 2.75) is 13.8 Å². The van der Waals surface area contributed by atoms with Crippen LogP contribution in [-0.2, 0) is 0 Å². The summed E-state index contributed by atoms with van der Waals surface area (Å²) in [6.45, 7) is 5.35. The molecule has 24 heavy (non-hydrogen) atoms. The molecule has 6 heteroatoms. The first kappa shape index (κ1) is 16.0. The highest BCUT2D eigenvalue weighted by molar-refractivity contribution is 5.84. The molecule has 0 bridgehead atoms. The predicted molar refractivity (Wildman–Crippen MR) is 97.6 cm³/mol. The lowest BCUT2D eigenvalue weighted by Crippen LogP contribution is -2.23. The molecule has 0 saturated carbocycles. The Labute approximate surface area is 141 Å². The minimum absolute atomic E-state index is 0.574. The Bertz CT molecular complexity index is 810. The smallest absolute Gasteiger partial charge is 0.205 e. The molecule has 0 spiro atoms. The highest BCUT2D eigenvalue weighted by Gasteiger charge is 2.13. The van der Waals surface area contributed by atoms with E-state index in [2.05, 4.69) is 58.6 Å². The van der Waals surface area contributed by atoms with Crippen molar-refractivity contribution in [2.75, 3.05) is 24.2 Å². The predicted octanol–water partition coefficient (Wildman–Crippen LogP) is 3.21. The summed E-state index contributed by atoms with van der Waals surface area (Å²) in [5.74, 6) is 1.15. The van der Waals surface area contributed by atoms with Crippen molar-refractivity contribution in [2.24, 2.45) is 5.92 Å². The third kappa shape index (κ3) is 3.22. The van der Waals surface area contributed by atoms with Gasteiger partial charge in [-0.1, -0.05) is 44.2 Å². The summed E-state index contributed by atoms with van der Waals surface area (Å²) in [5, 5.41) is 14.3. The summed E-state index contributed by atoms with van der Waals surface area (Å²) in [6.07, 6.45) is 0. The molecular formula is C18H22N6. The molecule has 0 atom stereocenters. The molecule has 0 amide bonds. The fraction of sp³-hybridized carbons (Fsp3) is 0.278. The summed E-state index contributed by atoms with van der Waals surface area (Å²) in [6, 6.07) is 14.1. The Morgan fingerprint density at radius 3 is 2.50 bits per heavy atom. The molecular weight excluding hydrogens is 300 g/mol. The summed E-state index contributed by atoms with van der Waals surface area (Å²) < 4.78 is 0. The number of tetrazole rings is 1. The summed E-state index contributed by atoms with van der Waals surface area (Å²) in [7, 11) is 2.07. The number of nitrogen functional groups attached to an aromatic ring is 1. The SMILES string of the molecule is CC(C)CN(C)c1ccc(-c2ccccc2-c2nn[nH]n2)cc1N. The fourth-order valence-electron chi connectivity index (χ4n) is 2.92. The number of aromatic amines is 1. The number of hydrogen-bond donors (Lipinski definition) is 2. The molecule has 0 fully saturated rings. The Morgan fingerprint density at radius 2 is 1.88 bits per heavy atom. The van der Waals surface area contributed by atoms with Gasteiger partial charge in [-0.3, -0.25) is 0 Å². The molecule has 3 rings (SSSR count). The highest BCUT2D eigenvalue weighted by atomic mass is 15.5. The van der Waals surface area contributed by atoms with Crippen LogP contribution >= 0.6 is 0 Å². The Morgan fingerprint density at radius 1 is 1.12 bits per heavy atom. The summed E-state index contributed by atoms with van der Waals surface area (Å²) in [5.41, 5.74) is 11.1. The van der Waals surface area contributed by atoms with Gasteiger partial charge in [0.05, 0.1) is 11.4 Å². The monoisotopic (exact) mass is 322 g/mol. The summed E-state index contributed by atoms with van der Waals surface area (Å²) in [4.78, 5) is 2.19. The first-order valence-corrected chi connectivity index (χ1v) is 8.00. The number of rotatable bonds is 5. The molecule has 2 aromatic carbocycles. The number of anilines is 2. The number of aromatic nitrogens is 4. The third-order valence-corrected chi connectivity index (χ3v) is 3.90. The molecule has 1 heterocycles. The molecule has 1 aromatic heterocycles. The van der Waals surface area contributed by atoms with E-state index in [4.69, 9.17) is 5.73 Å². The zero-order valence-electron chi connectivity index (χ0n) is 14.2. The van der Waals surface area contributed by atoms with Gasteiger partial charge in [0.15, 0.2) is 0 Å². The minimum Gasteiger partial charge on any atom is -0.397 e. The van der Waals surface area contributed by atoms with Gasteiger partial charge in [0, 0.05) is 19.2 Å². The van der Waals surface area contributed by atoms with Crippen LogP contribution in [0.4, 0.5) is 11.4 Å². The quantitative estimate of drug-likeness (QED) is 0.705. The molecule has 0 radical (unpaired) electrons. The fourth-order valence-corrected chi connectivity index (χ4v) is 2.92. The molecule has 3 N–H and O–H groups in total. The largest absolute Gasteiger partial charge is 0.397 e. The van der Waals surface area contributed by atoms with E-state index in [1.54, 1.807) is 0 Å². The van der Waals surface area contributed by atoms with Crippen LogP contribution in [0.3, 0.4) is 0 Å². The van der Waals surface area contributed by atoms with E-state index >= 15 is 0 Å². The third-order valence-electron chi connectivity index (χ3n) is 3.90. The average molecular weight is 322 g/mol. The van der Waals surface area contributed by atoms with Gasteiger partial charge in [0.1, 0.15) is 0 Å². The maximum Gasteiger partial charge on any atom is 0.205 e. The van der Waals surface area contributed by atoms with Crippen LogP contribution in [0.2, 0.25) is 0 Å². The Balaban J connectivity index is 1.99. The van der Waals surface area contributed by atoms with E-state index < -0.39 is 0 Å². The van der Waals surface area contributed by atoms with Crippen LogP contribution in [-0.4, -0.2) is 34.2 Å². The molecule has 0 aliphatic carbocycles. The number of nitrogens with two attached hydrogens (primary N) is 1. The van der Waals surface area contributed by atoms with Crippen molar-refractivity contribution in [3.8, 4) is 22.5 Å². The van der Waals surface area contributed by atoms with Crippen molar-refractivity contribution in [1.82, 2.24) is 20.6 Å². The van der Waals surface area contributed by atoms with Crippen molar-refractivity contribution in [1.29, 1.82) is 0 Å². The van der Waals surface area contributed by atoms with Gasteiger partial charge in [0.25, 0.3) is 0 Å². The zero-order chi connectivity index (χ0) is 17.1. The van der Waals surface area contributed by atoms with Crippen LogP contribution < -0.4 is 10.6 Å². The second-order valence-electron chi connectivity index (χ2n) is 6.33. The average Bonchev–Trinajstić information content (AvgIpc) is 3.08. The lowest BCUT2D eigenvalue weighted by atomic mass is 9.98. The lowest BCUT2D eigenvalue weighted by Gasteiger charge is -2.23. The van der Waals surface area contributed by atoms with Gasteiger partial charge in [-0.05, 0) is 34.4 Å². The summed E-state index contributed by atoms with van der Waals surface area (Å²) >= 11 is 0. The standard InChI is InChI=1S/C18H22N6/c1-12(2)11-24(3)17-9-8-13(10-16(17)19)14-6-4-5-7-15(14)18-20-22-23-21-18/h4-10,12H,11,19H2,1-3H3,(H,20,21,22,23). The second kappa shape index (κ2) is 6.70. The number of H-pyrrole nitrogens is 1. The van der Waals surface area contributed by atoms with Gasteiger partial charge in [-0.25, -0.2) is 0 Å². The van der Waals surface area contributed by atoms with E-state index in [1.807, 2.05) is 30.3 Å². The molecule has 0 aliphatic rings. The van der Waals surface area contributed by atoms with E-state index in [-0.39, 0.29) is 0 Å². The highest BCUT2D eigenvalue weighted by Crippen LogP contribution is 2.34. The van der Waals surface area contributed by atoms with E-state index in [0.717, 1.165) is 34.6 Å². The minimum atomic E-state index is 0.574. The molecule has 0 unspecified atom stereocenters. The van der Waals surface area contributed by atoms with E-state index in [9.17, 15) is 0 Å². The van der Waals surface area contributed by atoms with Gasteiger partial charge >= 0.3 is 0 Å². The van der Waals surface area contributed by atoms with E-state index in [1.165, 1.54) is 0 Å². The number of hydrogen-bond acceptors (Lipinski definition) is 5. The van der Waals surface area contributed by atoms with Gasteiger partial charge < -0.3 is 10.6 Å². The zero-order valence-corrected chi connectivity index (χ0v) is 14.2. The first-order chi connectivity index (χ1) is 11.6. The van der Waals surface area contributed by atoms with Crippen LogP contribution in [0.15, 0.2) is 42.5 Å². The van der Waals surface area contributed by atoms with Crippen molar-refractivity contribution < 1.29 is 0 Å². The second-order valence-corrected chi connectivity index (χ2v) is 6.33. The first-order valence-electron chi connectivity index (χ1n) is 8.00. The van der Waals surface area contributed by atoms with Crippen LogP contribution in [0, 0.1) is 5.92 Å². The maximum atomic E-state index is 6.31. The van der Waals surface area contributed by atoms with Crippen LogP contribution in [0.5, 0.6) is 0 Å². The van der Waals surface area contributed by atoms with Gasteiger partial charge in [0.2, 0.25) is 5.82 Å². The van der Waals surface area contributed by atoms with E-state index in [0.29, 0.717) is 11.7 Å². The molecule has 124 valence electrons. The Hall–Kier alpha value is -2.89. The van der Waals surface area contributed by atoms with Gasteiger partial charge in [-0.2, -0.15) is 5.21 Å². The number of nitrogens with one attached hydrogen (secondary N) is 1. The number of nitrogens with zero attached hydrogens (tertiary/aromatic N) is 4.